The highest BCUT2D eigenvalue weighted by Gasteiger charge is 2.27. The number of hydrogen-bond acceptors (Lipinski definition) is 5. The summed E-state index contributed by atoms with van der Waals surface area (Å²) in [6.45, 7) is 6.49. The van der Waals surface area contributed by atoms with Crippen LogP contribution in [-0.2, 0) is 19.2 Å². The highest BCUT2D eigenvalue weighted by Crippen LogP contribution is 2.10. The average Bonchev–Trinajstić information content (AvgIpc) is 2.53. The molecule has 5 nitrogen and oxygen atoms in total. The van der Waals surface area contributed by atoms with Gasteiger partial charge in [0.2, 0.25) is 0 Å². The highest BCUT2D eigenvalue weighted by atomic mass is 16.7. The molecule has 86 valence electrons. The van der Waals surface area contributed by atoms with Crippen LogP contribution in [0.1, 0.15) is 33.6 Å². The Balaban J connectivity index is 2.36. The van der Waals surface area contributed by atoms with E-state index < -0.39 is 17.5 Å². The van der Waals surface area contributed by atoms with E-state index in [-0.39, 0.29) is 0 Å². The molecule has 0 aliphatic carbocycles. The van der Waals surface area contributed by atoms with Crippen LogP contribution in [0, 0.1) is 0 Å². The lowest BCUT2D eigenvalue weighted by Crippen LogP contribution is -2.34. The van der Waals surface area contributed by atoms with Gasteiger partial charge < -0.3 is 9.57 Å². The molecule has 0 radical (unpaired) electrons. The Hall–Kier alpha value is -1.10. The van der Waals surface area contributed by atoms with Gasteiger partial charge in [0.1, 0.15) is 5.60 Å². The zero-order chi connectivity index (χ0) is 11.5. The molecule has 0 bridgehead atoms. The van der Waals surface area contributed by atoms with Crippen molar-refractivity contribution < 1.29 is 19.2 Å². The topological polar surface area (TPSA) is 55.8 Å². The third kappa shape index (κ3) is 4.29. The Morgan fingerprint density at radius 1 is 1.07 bits per heavy atom. The normalized spacial score (nSPS) is 17.5. The van der Waals surface area contributed by atoms with Crippen LogP contribution in [0.3, 0.4) is 0 Å². The zero-order valence-corrected chi connectivity index (χ0v) is 9.41. The summed E-state index contributed by atoms with van der Waals surface area (Å²) >= 11 is 0. The Labute approximate surface area is 89.3 Å². The lowest BCUT2D eigenvalue weighted by atomic mass is 10.2. The largest absolute Gasteiger partial charge is 0.452 e. The molecule has 15 heavy (non-hydrogen) atoms. The first-order chi connectivity index (χ1) is 6.88. The molecule has 1 aliphatic rings. The average molecular weight is 215 g/mol. The molecule has 1 heterocycles. The fourth-order valence-corrected chi connectivity index (χ4v) is 1.25. The first-order valence-corrected chi connectivity index (χ1v) is 5.09. The summed E-state index contributed by atoms with van der Waals surface area (Å²) in [7, 11) is 0. The number of esters is 1. The summed E-state index contributed by atoms with van der Waals surface area (Å²) in [5.74, 6) is -1.87. The Kier molecular flexibility index (Phi) is 3.68. The van der Waals surface area contributed by atoms with Crippen molar-refractivity contribution in [2.24, 2.45) is 0 Å². The van der Waals surface area contributed by atoms with Crippen LogP contribution in [0.15, 0.2) is 0 Å². The fraction of sp³-hybridized carbons (Fsp3) is 0.800. The number of carbonyl (C=O) groups is 2. The second-order valence-corrected chi connectivity index (χ2v) is 4.52. The summed E-state index contributed by atoms with van der Waals surface area (Å²) in [6, 6.07) is 0. The molecule has 0 unspecified atom stereocenters. The van der Waals surface area contributed by atoms with E-state index in [4.69, 9.17) is 9.57 Å². The van der Waals surface area contributed by atoms with Gasteiger partial charge in [-0.2, -0.15) is 0 Å². The van der Waals surface area contributed by atoms with Crippen molar-refractivity contribution in [2.45, 2.75) is 39.2 Å². The van der Waals surface area contributed by atoms with Crippen molar-refractivity contribution >= 4 is 11.9 Å². The van der Waals surface area contributed by atoms with E-state index in [1.54, 1.807) is 20.8 Å². The van der Waals surface area contributed by atoms with Gasteiger partial charge in [-0.3, -0.25) is 0 Å². The lowest BCUT2D eigenvalue weighted by Gasteiger charge is -2.19. The van der Waals surface area contributed by atoms with Crippen LogP contribution < -0.4 is 0 Å². The third-order valence-corrected chi connectivity index (χ3v) is 1.84. The van der Waals surface area contributed by atoms with Crippen LogP contribution >= 0.6 is 0 Å². The van der Waals surface area contributed by atoms with Crippen molar-refractivity contribution in [3.8, 4) is 0 Å². The molecule has 5 heteroatoms. The van der Waals surface area contributed by atoms with Crippen molar-refractivity contribution in [2.75, 3.05) is 13.1 Å². The van der Waals surface area contributed by atoms with Gasteiger partial charge in [-0.05, 0) is 33.6 Å². The minimum Gasteiger partial charge on any atom is -0.452 e. The van der Waals surface area contributed by atoms with Gasteiger partial charge in [0.05, 0.1) is 0 Å². The molecule has 0 spiro atoms. The van der Waals surface area contributed by atoms with Gasteiger partial charge in [0.15, 0.2) is 0 Å². The Morgan fingerprint density at radius 2 is 1.60 bits per heavy atom. The van der Waals surface area contributed by atoms with Crippen molar-refractivity contribution in [3.63, 3.8) is 0 Å². The number of hydroxylamine groups is 2. The van der Waals surface area contributed by atoms with Crippen LogP contribution in [0.2, 0.25) is 0 Å². The quantitative estimate of drug-likeness (QED) is 0.480. The standard InChI is InChI=1S/C10H17NO4/c1-10(2,3)14-8(12)9(13)15-11-6-4-5-7-11/h4-7H2,1-3H3. The predicted molar refractivity (Wildman–Crippen MR) is 52.7 cm³/mol. The molecule has 1 saturated heterocycles. The molecular formula is C10H17NO4. The summed E-state index contributed by atoms with van der Waals surface area (Å²) in [6.07, 6.45) is 1.98. The first kappa shape index (κ1) is 12.0. The van der Waals surface area contributed by atoms with E-state index in [2.05, 4.69) is 0 Å². The van der Waals surface area contributed by atoms with Gasteiger partial charge >= 0.3 is 11.9 Å². The smallest absolute Gasteiger partial charge is 0.436 e. The maximum Gasteiger partial charge on any atom is 0.436 e. The molecule has 0 aromatic heterocycles. The van der Waals surface area contributed by atoms with Crippen LogP contribution in [0.5, 0.6) is 0 Å². The van der Waals surface area contributed by atoms with Crippen LogP contribution in [0.4, 0.5) is 0 Å². The second-order valence-electron chi connectivity index (χ2n) is 4.52. The molecule has 0 N–H and O–H groups in total. The number of carbonyl (C=O) groups excluding carboxylic acids is 2. The van der Waals surface area contributed by atoms with Gasteiger partial charge in [0.25, 0.3) is 0 Å². The second kappa shape index (κ2) is 4.61. The van der Waals surface area contributed by atoms with Gasteiger partial charge in [-0.1, -0.05) is 0 Å². The van der Waals surface area contributed by atoms with E-state index in [0.29, 0.717) is 13.1 Å². The van der Waals surface area contributed by atoms with Gasteiger partial charge in [0, 0.05) is 13.1 Å². The minimum atomic E-state index is -0.938. The zero-order valence-electron chi connectivity index (χ0n) is 9.41. The summed E-state index contributed by atoms with van der Waals surface area (Å²) in [5, 5.41) is 1.49. The number of nitrogens with zero attached hydrogens (tertiary/aromatic N) is 1. The van der Waals surface area contributed by atoms with Crippen molar-refractivity contribution in [1.29, 1.82) is 0 Å². The molecule has 1 fully saturated rings. The highest BCUT2D eigenvalue weighted by molar-refractivity contribution is 6.29. The lowest BCUT2D eigenvalue weighted by molar-refractivity contribution is -0.200. The fourth-order valence-electron chi connectivity index (χ4n) is 1.25. The molecule has 0 saturated carbocycles. The maximum absolute atomic E-state index is 11.2. The van der Waals surface area contributed by atoms with Crippen molar-refractivity contribution in [3.05, 3.63) is 0 Å². The van der Waals surface area contributed by atoms with E-state index >= 15 is 0 Å². The number of hydrogen-bond donors (Lipinski definition) is 0. The number of ether oxygens (including phenoxy) is 1. The summed E-state index contributed by atoms with van der Waals surface area (Å²) < 4.78 is 4.87. The molecule has 0 aromatic rings. The van der Waals surface area contributed by atoms with E-state index in [9.17, 15) is 9.59 Å². The minimum absolute atomic E-state index is 0.666. The third-order valence-electron chi connectivity index (χ3n) is 1.84. The molecule has 0 atom stereocenters. The van der Waals surface area contributed by atoms with Crippen LogP contribution in [-0.4, -0.2) is 35.7 Å². The SMILES string of the molecule is CC(C)(C)OC(=O)C(=O)ON1CCCC1. The monoisotopic (exact) mass is 215 g/mol. The van der Waals surface area contributed by atoms with Crippen LogP contribution in [0.25, 0.3) is 0 Å². The number of rotatable bonds is 1. The van der Waals surface area contributed by atoms with E-state index in [1.807, 2.05) is 0 Å². The first-order valence-electron chi connectivity index (χ1n) is 5.09. The molecule has 0 amide bonds. The van der Waals surface area contributed by atoms with Gasteiger partial charge in [-0.25, -0.2) is 9.59 Å². The Bertz CT molecular complexity index is 251. The molecule has 1 aliphatic heterocycles. The summed E-state index contributed by atoms with van der Waals surface area (Å²) in [4.78, 5) is 27.3. The molecule has 0 aromatic carbocycles. The Morgan fingerprint density at radius 3 is 2.07 bits per heavy atom. The maximum atomic E-state index is 11.2. The van der Waals surface area contributed by atoms with Crippen molar-refractivity contribution in [1.82, 2.24) is 5.06 Å². The van der Waals surface area contributed by atoms with Gasteiger partial charge in [-0.15, -0.1) is 5.06 Å². The van der Waals surface area contributed by atoms with E-state index in [1.165, 1.54) is 5.06 Å². The predicted octanol–water partition coefficient (Wildman–Crippen LogP) is 0.882. The molecular weight excluding hydrogens is 198 g/mol. The molecule has 1 rings (SSSR count). The summed E-state index contributed by atoms with van der Waals surface area (Å²) in [5.41, 5.74) is -0.666. The van der Waals surface area contributed by atoms with E-state index in [0.717, 1.165) is 12.8 Å².